The van der Waals surface area contributed by atoms with E-state index in [0.29, 0.717) is 37.5 Å². The van der Waals surface area contributed by atoms with Gasteiger partial charge in [-0.1, -0.05) is 56.8 Å². The zero-order valence-electron chi connectivity index (χ0n) is 22.8. The maximum atomic E-state index is 13.3. The molecule has 6 heteroatoms. The predicted molar refractivity (Wildman–Crippen MR) is 159 cm³/mol. The topological polar surface area (TPSA) is 61.9 Å². The van der Waals surface area contributed by atoms with Gasteiger partial charge in [0.25, 0.3) is 5.91 Å². The molecule has 2 amide bonds. The van der Waals surface area contributed by atoms with E-state index >= 15 is 0 Å². The van der Waals surface area contributed by atoms with Gasteiger partial charge in [-0.05, 0) is 81.5 Å². The molecule has 2 saturated heterocycles. The van der Waals surface area contributed by atoms with Crippen LogP contribution in [0.4, 0.5) is 0 Å². The molecule has 3 atom stereocenters. The van der Waals surface area contributed by atoms with E-state index in [1.807, 2.05) is 6.07 Å². The van der Waals surface area contributed by atoms with E-state index in [-0.39, 0.29) is 26.1 Å². The molecular weight excluding hydrogens is 498 g/mol. The van der Waals surface area contributed by atoms with E-state index in [1.54, 1.807) is 4.90 Å². The lowest BCUT2D eigenvalue weighted by Crippen LogP contribution is -2.49. The number of carbonyl (C=O) groups is 2. The number of nitrogens with zero attached hydrogens (tertiary/aromatic N) is 2. The van der Waals surface area contributed by atoms with Gasteiger partial charge in [-0.15, -0.1) is 0 Å². The van der Waals surface area contributed by atoms with Crippen molar-refractivity contribution in [3.8, 4) is 5.75 Å². The van der Waals surface area contributed by atoms with Crippen molar-refractivity contribution >= 4 is 11.8 Å². The minimum absolute atomic E-state index is 0. The van der Waals surface area contributed by atoms with Crippen molar-refractivity contribution < 1.29 is 15.8 Å². The van der Waals surface area contributed by atoms with Crippen molar-refractivity contribution in [1.29, 1.82) is 0 Å². The molecule has 0 aromatic heterocycles. The number of ether oxygens (including phenoxy) is 1. The smallest absolute Gasteiger partial charge is 0.255 e. The summed E-state index contributed by atoms with van der Waals surface area (Å²) in [4.78, 5) is 30.3. The van der Waals surface area contributed by atoms with Crippen LogP contribution in [-0.4, -0.2) is 53.9 Å². The molecule has 3 unspecified atom stereocenters. The van der Waals surface area contributed by atoms with E-state index in [1.165, 1.54) is 43.4 Å². The Bertz CT molecular complexity index is 1300. The molecule has 1 aliphatic carbocycles. The van der Waals surface area contributed by atoms with Gasteiger partial charge in [0, 0.05) is 35.8 Å². The maximum absolute atomic E-state index is 13.3. The van der Waals surface area contributed by atoms with Crippen LogP contribution in [0.1, 0.15) is 93.2 Å². The summed E-state index contributed by atoms with van der Waals surface area (Å²) < 4.78 is 6.40. The number of hydrogen-bond acceptors (Lipinski definition) is 4. The van der Waals surface area contributed by atoms with Crippen LogP contribution in [0, 0.1) is 5.92 Å². The van der Waals surface area contributed by atoms with Crippen molar-refractivity contribution in [3.63, 3.8) is 0 Å². The van der Waals surface area contributed by atoms with Gasteiger partial charge in [-0.2, -0.15) is 0 Å². The van der Waals surface area contributed by atoms with Gasteiger partial charge in [-0.3, -0.25) is 9.59 Å². The fourth-order valence-electron chi connectivity index (χ4n) is 7.99. The Hall–Kier alpha value is -3.12. The summed E-state index contributed by atoms with van der Waals surface area (Å²) >= 11 is 0. The Morgan fingerprint density at radius 2 is 1.85 bits per heavy atom. The van der Waals surface area contributed by atoms with Gasteiger partial charge in [0.1, 0.15) is 11.8 Å². The third kappa shape index (κ3) is 4.64. The second-order valence-corrected chi connectivity index (χ2v) is 12.6. The highest BCUT2D eigenvalue weighted by atomic mass is 16.5. The van der Waals surface area contributed by atoms with Crippen LogP contribution in [-0.2, 0) is 16.8 Å². The fourth-order valence-corrected chi connectivity index (χ4v) is 7.99. The van der Waals surface area contributed by atoms with Crippen LogP contribution in [0.2, 0.25) is 0 Å². The van der Waals surface area contributed by atoms with Crippen LogP contribution in [0.15, 0.2) is 54.7 Å². The normalized spacial score (nSPS) is 27.6. The minimum Gasteiger partial charge on any atom is -0.492 e. The molecular formula is C34H45N3O3. The molecule has 1 saturated carbocycles. The first-order valence-electron chi connectivity index (χ1n) is 14.9. The second-order valence-electron chi connectivity index (χ2n) is 12.6. The third-order valence-corrected chi connectivity index (χ3v) is 10.2. The molecule has 0 bridgehead atoms. The van der Waals surface area contributed by atoms with Crippen LogP contribution in [0.25, 0.3) is 0 Å². The summed E-state index contributed by atoms with van der Waals surface area (Å²) in [7, 11) is 0. The van der Waals surface area contributed by atoms with E-state index in [0.717, 1.165) is 48.9 Å². The van der Waals surface area contributed by atoms with Gasteiger partial charge >= 0.3 is 0 Å². The summed E-state index contributed by atoms with van der Waals surface area (Å²) in [5.41, 5.74) is 5.24. The number of benzene rings is 2. The number of fused-ring (bicyclic) bond motifs is 4. The summed E-state index contributed by atoms with van der Waals surface area (Å²) in [5, 5.41) is 2.83. The van der Waals surface area contributed by atoms with Crippen molar-refractivity contribution in [2.75, 3.05) is 26.2 Å². The quantitative estimate of drug-likeness (QED) is 0.513. The number of amides is 2. The molecule has 40 heavy (non-hydrogen) atoms. The van der Waals surface area contributed by atoms with Crippen molar-refractivity contribution in [1.82, 2.24) is 15.1 Å². The van der Waals surface area contributed by atoms with Crippen molar-refractivity contribution in [2.24, 2.45) is 5.92 Å². The van der Waals surface area contributed by atoms with E-state index < -0.39 is 6.04 Å². The summed E-state index contributed by atoms with van der Waals surface area (Å²) in [6.45, 7) is 8.43. The molecule has 0 radical (unpaired) electrons. The highest BCUT2D eigenvalue weighted by Gasteiger charge is 2.47. The van der Waals surface area contributed by atoms with E-state index in [4.69, 9.17) is 4.74 Å². The molecule has 6 nitrogen and oxygen atoms in total. The Labute approximate surface area is 240 Å². The lowest BCUT2D eigenvalue weighted by Gasteiger charge is -2.41. The number of hydrogen-bond donors (Lipinski definition) is 1. The molecule has 1 spiro atoms. The maximum Gasteiger partial charge on any atom is 0.255 e. The minimum atomic E-state index is -0.439. The van der Waals surface area contributed by atoms with E-state index in [2.05, 4.69) is 53.2 Å². The molecule has 4 heterocycles. The van der Waals surface area contributed by atoms with Gasteiger partial charge in [0.15, 0.2) is 0 Å². The zero-order valence-corrected chi connectivity index (χ0v) is 22.8. The van der Waals surface area contributed by atoms with Crippen LogP contribution < -0.4 is 10.1 Å². The molecule has 7 rings (SSSR count). The highest BCUT2D eigenvalue weighted by molar-refractivity contribution is 6.02. The molecule has 1 N–H and O–H groups in total. The first-order valence-corrected chi connectivity index (χ1v) is 14.9. The highest BCUT2D eigenvalue weighted by Crippen LogP contribution is 2.50. The van der Waals surface area contributed by atoms with Crippen LogP contribution >= 0.6 is 0 Å². The monoisotopic (exact) mass is 543 g/mol. The summed E-state index contributed by atoms with van der Waals surface area (Å²) in [6, 6.07) is 14.8. The Kier molecular flexibility index (Phi) is 7.24. The average molecular weight is 544 g/mol. The van der Waals surface area contributed by atoms with Gasteiger partial charge < -0.3 is 19.9 Å². The summed E-state index contributed by atoms with van der Waals surface area (Å²) in [5.74, 6) is 2.22. The van der Waals surface area contributed by atoms with Crippen molar-refractivity contribution in [2.45, 2.75) is 82.7 Å². The van der Waals surface area contributed by atoms with Gasteiger partial charge in [-0.25, -0.2) is 0 Å². The average Bonchev–Trinajstić information content (AvgIpc) is 3.48. The molecule has 2 aromatic rings. The molecule has 3 fully saturated rings. The SMILES string of the molecule is C.C=C1CCC(N2Cc3c(ccc4c3OCC43CCN(CC4CCCC(c5ccccc5)C4)CC3)C2=O)C(=O)N1.[HH]. The predicted octanol–water partition coefficient (Wildman–Crippen LogP) is 6.02. The molecule has 214 valence electrons. The second kappa shape index (κ2) is 10.7. The number of likely N-dealkylation sites (tertiary alicyclic amines) is 1. The first kappa shape index (κ1) is 27.1. The standard InChI is InChI=1S/C33H39N3O3.CH4.H2/c1-22-10-13-29(31(37)34-22)36-20-27-26(32(36)38)11-12-28-30(27)39-21-33(28)14-16-35(17-15-33)19-23-6-5-9-25(18-23)24-7-3-2-4-8-24;;/h2-4,7-8,11-12,23,25,29H,1,5-6,9-10,13-21H2,(H,34,37);1H4;1H. The number of allylic oxidation sites excluding steroid dienone is 1. The first-order chi connectivity index (χ1) is 19.0. The third-order valence-electron chi connectivity index (χ3n) is 10.2. The van der Waals surface area contributed by atoms with Crippen molar-refractivity contribution in [3.05, 3.63) is 77.0 Å². The number of rotatable bonds is 4. The number of carbonyl (C=O) groups excluding carboxylic acids is 2. The fraction of sp³-hybridized carbons (Fsp3) is 0.529. The largest absolute Gasteiger partial charge is 0.492 e. The van der Waals surface area contributed by atoms with E-state index in [9.17, 15) is 9.59 Å². The zero-order chi connectivity index (χ0) is 26.6. The number of nitrogens with one attached hydrogen (secondary N) is 1. The molecule has 5 aliphatic rings. The molecule has 4 aliphatic heterocycles. The van der Waals surface area contributed by atoms with Crippen LogP contribution in [0.5, 0.6) is 5.75 Å². The summed E-state index contributed by atoms with van der Waals surface area (Å²) in [6.07, 6.45) is 8.84. The molecule has 2 aromatic carbocycles. The van der Waals surface area contributed by atoms with Crippen LogP contribution in [0.3, 0.4) is 0 Å². The van der Waals surface area contributed by atoms with Gasteiger partial charge in [0.05, 0.1) is 13.2 Å². The van der Waals surface area contributed by atoms with Gasteiger partial charge in [0.2, 0.25) is 5.91 Å². The Morgan fingerprint density at radius 1 is 1.05 bits per heavy atom. The Balaban J connectivity index is 0.00000169. The lowest BCUT2D eigenvalue weighted by molar-refractivity contribution is -0.126. The number of piperidine rings is 2. The lowest BCUT2D eigenvalue weighted by atomic mass is 9.73. The Morgan fingerprint density at radius 3 is 2.62 bits per heavy atom.